The first-order chi connectivity index (χ1) is 14.8. The first kappa shape index (κ1) is 21.0. The number of amides is 1. The Balaban J connectivity index is 1.55. The number of benzene rings is 2. The van der Waals surface area contributed by atoms with E-state index in [1.807, 2.05) is 46.3 Å². The molecule has 0 unspecified atom stereocenters. The SMILES string of the molecule is COc1ccc(Cn2c(C(=O)NCc3cccc(C(F)(F)F)c3)cc3sccc32)cc1. The van der Waals surface area contributed by atoms with Crippen molar-refractivity contribution in [1.29, 1.82) is 0 Å². The van der Waals surface area contributed by atoms with E-state index in [1.165, 1.54) is 17.4 Å². The predicted octanol–water partition coefficient (Wildman–Crippen LogP) is 5.71. The molecule has 0 bridgehead atoms. The lowest BCUT2D eigenvalue weighted by Gasteiger charge is -2.12. The van der Waals surface area contributed by atoms with Crippen LogP contribution in [0.15, 0.2) is 66.0 Å². The van der Waals surface area contributed by atoms with Gasteiger partial charge in [0.25, 0.3) is 5.91 Å². The number of fused-ring (bicyclic) bond motifs is 1. The van der Waals surface area contributed by atoms with Crippen molar-refractivity contribution in [3.8, 4) is 5.75 Å². The molecule has 0 saturated heterocycles. The molecule has 4 nitrogen and oxygen atoms in total. The van der Waals surface area contributed by atoms with Crippen molar-refractivity contribution in [3.63, 3.8) is 0 Å². The minimum Gasteiger partial charge on any atom is -0.497 e. The summed E-state index contributed by atoms with van der Waals surface area (Å²) in [6, 6.07) is 16.3. The third-order valence-corrected chi connectivity index (χ3v) is 5.82. The number of nitrogens with one attached hydrogen (secondary N) is 1. The number of rotatable bonds is 6. The Kier molecular flexibility index (Phi) is 5.73. The summed E-state index contributed by atoms with van der Waals surface area (Å²) in [5, 5.41) is 4.70. The molecule has 8 heteroatoms. The normalized spacial score (nSPS) is 11.6. The molecule has 1 N–H and O–H groups in total. The lowest BCUT2D eigenvalue weighted by molar-refractivity contribution is -0.137. The van der Waals surface area contributed by atoms with Crippen molar-refractivity contribution >= 4 is 27.5 Å². The molecule has 4 rings (SSSR count). The minimum absolute atomic E-state index is 0.00409. The van der Waals surface area contributed by atoms with Gasteiger partial charge >= 0.3 is 6.18 Å². The number of methoxy groups -OCH3 is 1. The molecule has 0 aliphatic carbocycles. The van der Waals surface area contributed by atoms with Gasteiger partial charge in [-0.1, -0.05) is 24.3 Å². The summed E-state index contributed by atoms with van der Waals surface area (Å²) in [4.78, 5) is 12.9. The number of hydrogen-bond acceptors (Lipinski definition) is 3. The Morgan fingerprint density at radius 2 is 1.84 bits per heavy atom. The Labute approximate surface area is 180 Å². The van der Waals surface area contributed by atoms with Crippen molar-refractivity contribution in [1.82, 2.24) is 9.88 Å². The number of alkyl halides is 3. The molecule has 1 amide bonds. The molecule has 31 heavy (non-hydrogen) atoms. The number of aromatic nitrogens is 1. The summed E-state index contributed by atoms with van der Waals surface area (Å²) >= 11 is 1.53. The molecule has 0 radical (unpaired) electrons. The van der Waals surface area contributed by atoms with E-state index in [2.05, 4.69) is 5.32 Å². The van der Waals surface area contributed by atoms with Gasteiger partial charge in [0, 0.05) is 13.1 Å². The summed E-state index contributed by atoms with van der Waals surface area (Å²) < 4.78 is 46.8. The van der Waals surface area contributed by atoms with E-state index in [9.17, 15) is 18.0 Å². The van der Waals surface area contributed by atoms with Crippen molar-refractivity contribution in [2.24, 2.45) is 0 Å². The molecule has 0 spiro atoms. The van der Waals surface area contributed by atoms with Crippen LogP contribution in [0.2, 0.25) is 0 Å². The monoisotopic (exact) mass is 444 g/mol. The zero-order valence-corrected chi connectivity index (χ0v) is 17.4. The fourth-order valence-electron chi connectivity index (χ4n) is 3.38. The average Bonchev–Trinajstić information content (AvgIpc) is 3.35. The van der Waals surface area contributed by atoms with E-state index in [0.717, 1.165) is 33.7 Å². The number of carbonyl (C=O) groups excluding carboxylic acids is 1. The van der Waals surface area contributed by atoms with Gasteiger partial charge in [0.1, 0.15) is 11.4 Å². The molecular weight excluding hydrogens is 425 g/mol. The number of carbonyl (C=O) groups is 1. The van der Waals surface area contributed by atoms with Crippen LogP contribution < -0.4 is 10.1 Å². The molecule has 0 aliphatic heterocycles. The van der Waals surface area contributed by atoms with Crippen LogP contribution in [-0.2, 0) is 19.3 Å². The van der Waals surface area contributed by atoms with Gasteiger partial charge in [-0.05, 0) is 52.9 Å². The first-order valence-corrected chi connectivity index (χ1v) is 10.4. The van der Waals surface area contributed by atoms with Crippen LogP contribution in [0.5, 0.6) is 5.75 Å². The minimum atomic E-state index is -4.42. The summed E-state index contributed by atoms with van der Waals surface area (Å²) in [5.74, 6) is 0.408. The van der Waals surface area contributed by atoms with E-state index in [0.29, 0.717) is 17.8 Å². The molecule has 2 aromatic carbocycles. The van der Waals surface area contributed by atoms with Gasteiger partial charge in [0.05, 0.1) is 22.9 Å². The van der Waals surface area contributed by atoms with Gasteiger partial charge in [-0.3, -0.25) is 4.79 Å². The topological polar surface area (TPSA) is 43.3 Å². The second-order valence-corrected chi connectivity index (χ2v) is 7.96. The van der Waals surface area contributed by atoms with Crippen molar-refractivity contribution in [3.05, 3.63) is 88.4 Å². The zero-order valence-electron chi connectivity index (χ0n) is 16.6. The summed E-state index contributed by atoms with van der Waals surface area (Å²) in [7, 11) is 1.60. The van der Waals surface area contributed by atoms with Crippen LogP contribution in [0.1, 0.15) is 27.2 Å². The van der Waals surface area contributed by atoms with Gasteiger partial charge in [-0.2, -0.15) is 13.2 Å². The summed E-state index contributed by atoms with van der Waals surface area (Å²) in [6.45, 7) is 0.487. The third-order valence-electron chi connectivity index (χ3n) is 4.96. The standard InChI is InChI=1S/C23H19F3N2O2S/c1-30-18-7-5-15(6-8-18)14-28-19-9-10-31-21(19)12-20(28)22(29)27-13-16-3-2-4-17(11-16)23(24,25)26/h2-12H,13-14H2,1H3,(H,27,29). The van der Waals surface area contributed by atoms with Crippen LogP contribution in [0, 0.1) is 0 Å². The molecular formula is C23H19F3N2O2S. The molecule has 4 aromatic rings. The summed E-state index contributed by atoms with van der Waals surface area (Å²) in [5.41, 5.74) is 2.05. The molecule has 0 atom stereocenters. The quantitative estimate of drug-likeness (QED) is 0.414. The molecule has 0 aliphatic rings. The highest BCUT2D eigenvalue weighted by atomic mass is 32.1. The maximum absolute atomic E-state index is 12.9. The lowest BCUT2D eigenvalue weighted by atomic mass is 10.1. The first-order valence-electron chi connectivity index (χ1n) is 9.49. The Morgan fingerprint density at radius 1 is 1.06 bits per heavy atom. The fraction of sp³-hybridized carbons (Fsp3) is 0.174. The summed E-state index contributed by atoms with van der Waals surface area (Å²) in [6.07, 6.45) is -4.42. The van der Waals surface area contributed by atoms with E-state index >= 15 is 0 Å². The smallest absolute Gasteiger partial charge is 0.416 e. The molecule has 0 fully saturated rings. The number of hydrogen-bond donors (Lipinski definition) is 1. The highest BCUT2D eigenvalue weighted by Gasteiger charge is 2.30. The molecule has 2 aromatic heterocycles. The van der Waals surface area contributed by atoms with Crippen LogP contribution in [0.3, 0.4) is 0 Å². The van der Waals surface area contributed by atoms with Crippen LogP contribution in [-0.4, -0.2) is 17.6 Å². The molecule has 0 saturated carbocycles. The molecule has 160 valence electrons. The van der Waals surface area contributed by atoms with Gasteiger partial charge in [0.15, 0.2) is 0 Å². The molecule has 2 heterocycles. The van der Waals surface area contributed by atoms with Crippen molar-refractivity contribution in [2.75, 3.05) is 7.11 Å². The zero-order chi connectivity index (χ0) is 22.0. The second-order valence-electron chi connectivity index (χ2n) is 7.01. The van der Waals surface area contributed by atoms with E-state index in [1.54, 1.807) is 13.2 Å². The highest BCUT2D eigenvalue weighted by Crippen LogP contribution is 2.30. The van der Waals surface area contributed by atoms with Gasteiger partial charge in [-0.25, -0.2) is 0 Å². The lowest BCUT2D eigenvalue weighted by Crippen LogP contribution is -2.25. The van der Waals surface area contributed by atoms with Crippen LogP contribution in [0.4, 0.5) is 13.2 Å². The van der Waals surface area contributed by atoms with Gasteiger partial charge < -0.3 is 14.6 Å². The fourth-order valence-corrected chi connectivity index (χ4v) is 4.20. The Bertz CT molecular complexity index is 1210. The van der Waals surface area contributed by atoms with E-state index in [-0.39, 0.29) is 12.5 Å². The number of thiophene rings is 1. The van der Waals surface area contributed by atoms with E-state index in [4.69, 9.17) is 4.74 Å². The van der Waals surface area contributed by atoms with Crippen LogP contribution >= 0.6 is 11.3 Å². The van der Waals surface area contributed by atoms with Crippen molar-refractivity contribution in [2.45, 2.75) is 19.3 Å². The maximum Gasteiger partial charge on any atom is 0.416 e. The second kappa shape index (κ2) is 8.47. The third kappa shape index (κ3) is 4.59. The van der Waals surface area contributed by atoms with Crippen LogP contribution in [0.25, 0.3) is 10.2 Å². The Morgan fingerprint density at radius 3 is 2.55 bits per heavy atom. The Hall–Kier alpha value is -3.26. The highest BCUT2D eigenvalue weighted by molar-refractivity contribution is 7.17. The van der Waals surface area contributed by atoms with Gasteiger partial charge in [0.2, 0.25) is 0 Å². The van der Waals surface area contributed by atoms with E-state index < -0.39 is 11.7 Å². The number of halogens is 3. The number of ether oxygens (including phenoxy) is 1. The largest absolute Gasteiger partial charge is 0.497 e. The average molecular weight is 444 g/mol. The van der Waals surface area contributed by atoms with Gasteiger partial charge in [-0.15, -0.1) is 11.3 Å². The van der Waals surface area contributed by atoms with Crippen molar-refractivity contribution < 1.29 is 22.7 Å². The maximum atomic E-state index is 12.9. The predicted molar refractivity (Wildman–Crippen MR) is 115 cm³/mol. The number of nitrogens with zero attached hydrogens (tertiary/aromatic N) is 1.